The van der Waals surface area contributed by atoms with Crippen molar-refractivity contribution in [2.24, 2.45) is 0 Å². The van der Waals surface area contributed by atoms with Gasteiger partial charge in [0.15, 0.2) is 0 Å². The minimum Gasteiger partial charge on any atom is -0.306 e. The summed E-state index contributed by atoms with van der Waals surface area (Å²) >= 11 is 0. The van der Waals surface area contributed by atoms with E-state index in [0.717, 1.165) is 42.6 Å². The molecule has 6 heteroatoms. The Balaban J connectivity index is 1.62. The number of piperidine rings is 1. The summed E-state index contributed by atoms with van der Waals surface area (Å²) in [6.45, 7) is 2.24. The Morgan fingerprint density at radius 3 is 2.70 bits per heavy atom. The van der Waals surface area contributed by atoms with Crippen molar-refractivity contribution in [3.05, 3.63) is 42.5 Å². The molecule has 4 rings (SSSR count). The molecule has 3 aromatic rings. The van der Waals surface area contributed by atoms with Crippen molar-refractivity contribution < 1.29 is 0 Å². The van der Waals surface area contributed by atoms with Crippen LogP contribution >= 0.6 is 0 Å². The van der Waals surface area contributed by atoms with Crippen molar-refractivity contribution >= 4 is 5.52 Å². The third kappa shape index (κ3) is 2.49. The maximum absolute atomic E-state index is 9.06. The van der Waals surface area contributed by atoms with Crippen LogP contribution in [0.4, 0.5) is 0 Å². The molecule has 0 bridgehead atoms. The molecule has 1 fully saturated rings. The van der Waals surface area contributed by atoms with Gasteiger partial charge in [-0.05, 0) is 39.0 Å². The van der Waals surface area contributed by atoms with E-state index in [4.69, 9.17) is 5.26 Å². The van der Waals surface area contributed by atoms with Crippen LogP contribution in [0, 0.1) is 11.3 Å². The number of likely N-dealkylation sites (tertiary alicyclic amines) is 1. The summed E-state index contributed by atoms with van der Waals surface area (Å²) in [6.07, 6.45) is 9.86. The van der Waals surface area contributed by atoms with Gasteiger partial charge in [0.05, 0.1) is 29.5 Å². The summed E-state index contributed by atoms with van der Waals surface area (Å²) in [7, 11) is 2.17. The fourth-order valence-corrected chi connectivity index (χ4v) is 3.19. The molecule has 1 saturated heterocycles. The fourth-order valence-electron chi connectivity index (χ4n) is 3.19. The van der Waals surface area contributed by atoms with E-state index in [2.05, 4.69) is 39.1 Å². The van der Waals surface area contributed by atoms with Crippen LogP contribution in [0.5, 0.6) is 0 Å². The molecular formula is C17H18N6. The molecule has 0 unspecified atom stereocenters. The van der Waals surface area contributed by atoms with Crippen LogP contribution in [0.3, 0.4) is 0 Å². The first-order chi connectivity index (χ1) is 11.2. The molecule has 0 spiro atoms. The number of fused-ring (bicyclic) bond motifs is 1. The molecule has 3 aromatic heterocycles. The van der Waals surface area contributed by atoms with Crippen LogP contribution in [0.25, 0.3) is 16.6 Å². The van der Waals surface area contributed by atoms with Gasteiger partial charge in [0.25, 0.3) is 0 Å². The zero-order valence-corrected chi connectivity index (χ0v) is 13.1. The van der Waals surface area contributed by atoms with Gasteiger partial charge in [-0.15, -0.1) is 0 Å². The maximum atomic E-state index is 9.06. The summed E-state index contributed by atoms with van der Waals surface area (Å²) in [6, 6.07) is 6.60. The van der Waals surface area contributed by atoms with Crippen molar-refractivity contribution in [3.8, 4) is 17.2 Å². The molecule has 0 N–H and O–H groups in total. The van der Waals surface area contributed by atoms with Gasteiger partial charge in [0.1, 0.15) is 6.07 Å². The maximum Gasteiger partial charge on any atom is 0.103 e. The van der Waals surface area contributed by atoms with Crippen molar-refractivity contribution in [1.29, 1.82) is 5.26 Å². The van der Waals surface area contributed by atoms with Crippen LogP contribution in [0.2, 0.25) is 0 Å². The van der Waals surface area contributed by atoms with Gasteiger partial charge >= 0.3 is 0 Å². The summed E-state index contributed by atoms with van der Waals surface area (Å²) < 4.78 is 3.84. The Labute approximate surface area is 134 Å². The zero-order chi connectivity index (χ0) is 15.8. The van der Waals surface area contributed by atoms with Crippen molar-refractivity contribution in [2.75, 3.05) is 20.1 Å². The first kappa shape index (κ1) is 14.0. The Morgan fingerprint density at radius 1 is 1.09 bits per heavy atom. The van der Waals surface area contributed by atoms with Gasteiger partial charge in [0.2, 0.25) is 0 Å². The normalized spacial score (nSPS) is 16.7. The monoisotopic (exact) mass is 306 g/mol. The number of hydrogen-bond acceptors (Lipinski definition) is 4. The topological polar surface area (TPSA) is 62.2 Å². The average molecular weight is 306 g/mol. The predicted octanol–water partition coefficient (Wildman–Crippen LogP) is 2.34. The van der Waals surface area contributed by atoms with Crippen LogP contribution in [-0.4, -0.2) is 44.4 Å². The molecule has 0 atom stereocenters. The second-order valence-electron chi connectivity index (χ2n) is 6.16. The molecule has 0 saturated carbocycles. The lowest BCUT2D eigenvalue weighted by molar-refractivity contribution is 0.212. The SMILES string of the molecule is CN1CCC(n2cc(-c3ccc4c(C#N)cnn4c3)cn2)CC1. The van der Waals surface area contributed by atoms with E-state index >= 15 is 0 Å². The number of rotatable bonds is 2. The summed E-state index contributed by atoms with van der Waals surface area (Å²) in [5.74, 6) is 0. The quantitative estimate of drug-likeness (QED) is 0.729. The predicted molar refractivity (Wildman–Crippen MR) is 86.9 cm³/mol. The number of pyridine rings is 1. The Bertz CT molecular complexity index is 876. The van der Waals surface area contributed by atoms with Crippen LogP contribution < -0.4 is 0 Å². The first-order valence-electron chi connectivity index (χ1n) is 7.85. The molecule has 1 aliphatic heterocycles. The fraction of sp³-hybridized carbons (Fsp3) is 0.353. The molecule has 0 radical (unpaired) electrons. The van der Waals surface area contributed by atoms with Crippen LogP contribution in [0.1, 0.15) is 24.4 Å². The van der Waals surface area contributed by atoms with E-state index in [9.17, 15) is 0 Å². The number of nitrogens with zero attached hydrogens (tertiary/aromatic N) is 6. The second-order valence-corrected chi connectivity index (χ2v) is 6.16. The Kier molecular flexibility index (Phi) is 3.36. The van der Waals surface area contributed by atoms with Crippen LogP contribution in [-0.2, 0) is 0 Å². The molecule has 1 aliphatic rings. The van der Waals surface area contributed by atoms with E-state index in [1.165, 1.54) is 0 Å². The van der Waals surface area contributed by atoms with Gasteiger partial charge in [-0.25, -0.2) is 4.52 Å². The lowest BCUT2D eigenvalue weighted by Crippen LogP contribution is -2.31. The summed E-state index contributed by atoms with van der Waals surface area (Å²) in [5, 5.41) is 17.9. The molecule has 0 aliphatic carbocycles. The van der Waals surface area contributed by atoms with Gasteiger partial charge in [0, 0.05) is 23.5 Å². The summed E-state index contributed by atoms with van der Waals surface area (Å²) in [4.78, 5) is 2.36. The van der Waals surface area contributed by atoms with E-state index in [1.807, 2.05) is 24.5 Å². The molecule has 0 aromatic carbocycles. The van der Waals surface area contributed by atoms with Gasteiger partial charge in [-0.3, -0.25) is 4.68 Å². The van der Waals surface area contributed by atoms with Crippen LogP contribution in [0.15, 0.2) is 36.9 Å². The van der Waals surface area contributed by atoms with Crippen molar-refractivity contribution in [2.45, 2.75) is 18.9 Å². The Hall–Kier alpha value is -2.65. The highest BCUT2D eigenvalue weighted by molar-refractivity contribution is 5.67. The Morgan fingerprint density at radius 2 is 1.91 bits per heavy atom. The van der Waals surface area contributed by atoms with Gasteiger partial charge < -0.3 is 4.90 Å². The average Bonchev–Trinajstić information content (AvgIpc) is 3.21. The molecule has 116 valence electrons. The lowest BCUT2D eigenvalue weighted by atomic mass is 10.1. The highest BCUT2D eigenvalue weighted by atomic mass is 15.3. The molecule has 23 heavy (non-hydrogen) atoms. The second kappa shape index (κ2) is 5.52. The minimum absolute atomic E-state index is 0.485. The van der Waals surface area contributed by atoms with E-state index in [-0.39, 0.29) is 0 Å². The zero-order valence-electron chi connectivity index (χ0n) is 13.1. The van der Waals surface area contributed by atoms with Gasteiger partial charge in [-0.1, -0.05) is 6.07 Å². The largest absolute Gasteiger partial charge is 0.306 e. The minimum atomic E-state index is 0.485. The lowest BCUT2D eigenvalue weighted by Gasteiger charge is -2.28. The number of aromatic nitrogens is 4. The summed E-state index contributed by atoms with van der Waals surface area (Å²) in [5.41, 5.74) is 3.57. The third-order valence-electron chi connectivity index (χ3n) is 4.63. The molecular weight excluding hydrogens is 288 g/mol. The number of hydrogen-bond donors (Lipinski definition) is 0. The van der Waals surface area contributed by atoms with E-state index < -0.39 is 0 Å². The number of nitriles is 1. The van der Waals surface area contributed by atoms with Crippen molar-refractivity contribution in [1.82, 2.24) is 24.3 Å². The van der Waals surface area contributed by atoms with Crippen molar-refractivity contribution in [3.63, 3.8) is 0 Å². The standard InChI is InChI=1S/C17H18N6/c1-21-6-4-16(5-7-21)22-12-15(10-19-22)13-2-3-17-14(8-18)9-20-23(17)11-13/h2-3,9-12,16H,4-7H2,1H3. The van der Waals surface area contributed by atoms with E-state index in [1.54, 1.807) is 10.7 Å². The molecule has 6 nitrogen and oxygen atoms in total. The van der Waals surface area contributed by atoms with E-state index in [0.29, 0.717) is 11.6 Å². The smallest absolute Gasteiger partial charge is 0.103 e. The highest BCUT2D eigenvalue weighted by Gasteiger charge is 2.19. The molecule has 4 heterocycles. The highest BCUT2D eigenvalue weighted by Crippen LogP contribution is 2.25. The van der Waals surface area contributed by atoms with Gasteiger partial charge in [-0.2, -0.15) is 15.5 Å². The first-order valence-corrected chi connectivity index (χ1v) is 7.85. The third-order valence-corrected chi connectivity index (χ3v) is 4.63. The molecule has 0 amide bonds.